The van der Waals surface area contributed by atoms with E-state index in [1.807, 2.05) is 18.2 Å². The van der Waals surface area contributed by atoms with Gasteiger partial charge in [0.15, 0.2) is 23.9 Å². The minimum Gasteiger partial charge on any atom is -0.493 e. The van der Waals surface area contributed by atoms with Gasteiger partial charge in [0, 0.05) is 16.7 Å². The first kappa shape index (κ1) is 19.2. The summed E-state index contributed by atoms with van der Waals surface area (Å²) in [6, 6.07) is 19.5. The predicted octanol–water partition coefficient (Wildman–Crippen LogP) is 3.93. The van der Waals surface area contributed by atoms with E-state index in [2.05, 4.69) is 9.97 Å². The zero-order valence-corrected chi connectivity index (χ0v) is 16.1. The summed E-state index contributed by atoms with van der Waals surface area (Å²) in [5.41, 5.74) is 3.38. The fourth-order valence-corrected chi connectivity index (χ4v) is 3.12. The Morgan fingerprint density at radius 3 is 2.50 bits per heavy atom. The molecule has 1 aromatic heterocycles. The third kappa shape index (κ3) is 3.86. The Morgan fingerprint density at radius 1 is 0.967 bits per heavy atom. The highest BCUT2D eigenvalue weighted by atomic mass is 16.5. The van der Waals surface area contributed by atoms with Crippen LogP contribution in [-0.2, 0) is 4.79 Å². The minimum absolute atomic E-state index is 0.0600. The van der Waals surface area contributed by atoms with Crippen LogP contribution in [0, 0.1) is 0 Å². The lowest BCUT2D eigenvalue weighted by molar-refractivity contribution is -0.139. The van der Waals surface area contributed by atoms with Crippen molar-refractivity contribution in [3.05, 3.63) is 77.9 Å². The molecule has 7 nitrogen and oxygen atoms in total. The maximum atomic E-state index is 12.7. The SMILES string of the molecule is COc1cc(-c2nc3ccc(C(=O)c4ccccc4)cc3[nH]2)ccc1OCC(=O)O. The van der Waals surface area contributed by atoms with Crippen molar-refractivity contribution in [1.82, 2.24) is 9.97 Å². The second-order valence-electron chi connectivity index (χ2n) is 6.56. The van der Waals surface area contributed by atoms with E-state index in [-0.39, 0.29) is 5.78 Å². The number of benzene rings is 3. The smallest absolute Gasteiger partial charge is 0.341 e. The number of rotatable bonds is 7. The van der Waals surface area contributed by atoms with E-state index >= 15 is 0 Å². The normalized spacial score (nSPS) is 10.7. The van der Waals surface area contributed by atoms with Gasteiger partial charge in [0.25, 0.3) is 0 Å². The molecule has 0 amide bonds. The molecule has 0 aliphatic carbocycles. The van der Waals surface area contributed by atoms with E-state index in [0.29, 0.717) is 28.5 Å². The van der Waals surface area contributed by atoms with Crippen molar-refractivity contribution < 1.29 is 24.2 Å². The number of methoxy groups -OCH3 is 1. The number of carbonyl (C=O) groups is 2. The third-order valence-electron chi connectivity index (χ3n) is 4.57. The monoisotopic (exact) mass is 402 g/mol. The first-order chi connectivity index (χ1) is 14.5. The van der Waals surface area contributed by atoms with Crippen LogP contribution in [0.2, 0.25) is 0 Å². The number of fused-ring (bicyclic) bond motifs is 1. The van der Waals surface area contributed by atoms with Crippen LogP contribution < -0.4 is 9.47 Å². The molecule has 3 aromatic carbocycles. The predicted molar refractivity (Wildman–Crippen MR) is 111 cm³/mol. The number of hydrogen-bond donors (Lipinski definition) is 2. The standard InChI is InChI=1S/C23H18N2O5/c1-29-20-12-16(8-10-19(20)30-13-21(26)27)23-24-17-9-7-15(11-18(17)25-23)22(28)14-5-3-2-4-6-14/h2-12H,13H2,1H3,(H,24,25)(H,26,27). The molecule has 2 N–H and O–H groups in total. The number of ketones is 1. The van der Waals surface area contributed by atoms with Gasteiger partial charge in [-0.1, -0.05) is 30.3 Å². The van der Waals surface area contributed by atoms with Crippen LogP contribution in [0.15, 0.2) is 66.7 Å². The van der Waals surface area contributed by atoms with Crippen molar-refractivity contribution in [2.24, 2.45) is 0 Å². The van der Waals surface area contributed by atoms with E-state index < -0.39 is 12.6 Å². The molecule has 0 atom stereocenters. The number of ether oxygens (including phenoxy) is 2. The molecule has 4 rings (SSSR count). The van der Waals surface area contributed by atoms with Crippen molar-refractivity contribution >= 4 is 22.8 Å². The Balaban J connectivity index is 1.65. The summed E-state index contributed by atoms with van der Waals surface area (Å²) in [5, 5.41) is 8.78. The molecule has 0 aliphatic rings. The van der Waals surface area contributed by atoms with Crippen LogP contribution in [0.1, 0.15) is 15.9 Å². The average Bonchev–Trinajstić information content (AvgIpc) is 3.21. The van der Waals surface area contributed by atoms with Gasteiger partial charge in [-0.2, -0.15) is 0 Å². The summed E-state index contributed by atoms with van der Waals surface area (Å²) in [5.74, 6) is 0.191. The van der Waals surface area contributed by atoms with Gasteiger partial charge < -0.3 is 19.6 Å². The number of aromatic amines is 1. The number of imidazole rings is 1. The lowest BCUT2D eigenvalue weighted by Crippen LogP contribution is -2.10. The number of nitrogens with zero attached hydrogens (tertiary/aromatic N) is 1. The molecular weight excluding hydrogens is 384 g/mol. The first-order valence-corrected chi connectivity index (χ1v) is 9.17. The number of H-pyrrole nitrogens is 1. The van der Waals surface area contributed by atoms with E-state index in [4.69, 9.17) is 14.6 Å². The van der Waals surface area contributed by atoms with E-state index in [9.17, 15) is 9.59 Å². The minimum atomic E-state index is -1.07. The van der Waals surface area contributed by atoms with Crippen molar-refractivity contribution in [2.45, 2.75) is 0 Å². The molecule has 0 saturated carbocycles. The number of hydrogen-bond acceptors (Lipinski definition) is 5. The van der Waals surface area contributed by atoms with E-state index in [0.717, 1.165) is 16.6 Å². The van der Waals surface area contributed by atoms with Crippen molar-refractivity contribution in [2.75, 3.05) is 13.7 Å². The zero-order chi connectivity index (χ0) is 21.1. The Kier molecular flexibility index (Phi) is 5.17. The summed E-state index contributed by atoms with van der Waals surface area (Å²) in [4.78, 5) is 31.2. The molecule has 30 heavy (non-hydrogen) atoms. The zero-order valence-electron chi connectivity index (χ0n) is 16.1. The van der Waals surface area contributed by atoms with Crippen LogP contribution >= 0.6 is 0 Å². The van der Waals surface area contributed by atoms with Crippen LogP contribution in [-0.4, -0.2) is 40.5 Å². The van der Waals surface area contributed by atoms with Gasteiger partial charge in [-0.05, 0) is 36.4 Å². The summed E-state index contributed by atoms with van der Waals surface area (Å²) >= 11 is 0. The van der Waals surface area contributed by atoms with Gasteiger partial charge >= 0.3 is 5.97 Å². The van der Waals surface area contributed by atoms with Crippen LogP contribution in [0.25, 0.3) is 22.4 Å². The van der Waals surface area contributed by atoms with Gasteiger partial charge in [0.1, 0.15) is 5.82 Å². The first-order valence-electron chi connectivity index (χ1n) is 9.17. The Morgan fingerprint density at radius 2 is 1.77 bits per heavy atom. The molecule has 4 aromatic rings. The van der Waals surface area contributed by atoms with Gasteiger partial charge in [-0.25, -0.2) is 9.78 Å². The van der Waals surface area contributed by atoms with E-state index in [1.165, 1.54) is 7.11 Å². The van der Waals surface area contributed by atoms with Crippen molar-refractivity contribution in [3.63, 3.8) is 0 Å². The van der Waals surface area contributed by atoms with Gasteiger partial charge in [0.05, 0.1) is 18.1 Å². The molecule has 7 heteroatoms. The number of carboxylic acid groups (broad SMARTS) is 1. The highest BCUT2D eigenvalue weighted by Gasteiger charge is 2.14. The number of carbonyl (C=O) groups excluding carboxylic acids is 1. The maximum absolute atomic E-state index is 12.7. The number of carboxylic acids is 1. The average molecular weight is 402 g/mol. The van der Waals surface area contributed by atoms with Gasteiger partial charge in [-0.15, -0.1) is 0 Å². The summed E-state index contributed by atoms with van der Waals surface area (Å²) in [7, 11) is 1.48. The second kappa shape index (κ2) is 8.08. The van der Waals surface area contributed by atoms with E-state index in [1.54, 1.807) is 48.5 Å². The summed E-state index contributed by atoms with van der Waals surface area (Å²) in [6.45, 7) is -0.460. The highest BCUT2D eigenvalue weighted by molar-refractivity contribution is 6.10. The second-order valence-corrected chi connectivity index (χ2v) is 6.56. The lowest BCUT2D eigenvalue weighted by Gasteiger charge is -2.10. The topological polar surface area (TPSA) is 102 Å². The maximum Gasteiger partial charge on any atom is 0.341 e. The molecular formula is C23H18N2O5. The lowest BCUT2D eigenvalue weighted by atomic mass is 10.0. The molecule has 150 valence electrons. The molecule has 0 fully saturated rings. The Bertz CT molecular complexity index is 1230. The fraction of sp³-hybridized carbons (Fsp3) is 0.0870. The molecule has 0 bridgehead atoms. The molecule has 0 radical (unpaired) electrons. The van der Waals surface area contributed by atoms with Gasteiger partial charge in [-0.3, -0.25) is 4.79 Å². The van der Waals surface area contributed by atoms with Crippen molar-refractivity contribution in [1.29, 1.82) is 0 Å². The van der Waals surface area contributed by atoms with Crippen LogP contribution in [0.3, 0.4) is 0 Å². The fourth-order valence-electron chi connectivity index (χ4n) is 3.12. The largest absolute Gasteiger partial charge is 0.493 e. The Labute approximate surface area is 171 Å². The van der Waals surface area contributed by atoms with Crippen LogP contribution in [0.4, 0.5) is 0 Å². The molecule has 1 heterocycles. The van der Waals surface area contributed by atoms with Gasteiger partial charge in [0.2, 0.25) is 0 Å². The number of aromatic nitrogens is 2. The molecule has 0 aliphatic heterocycles. The summed E-state index contributed by atoms with van der Waals surface area (Å²) < 4.78 is 10.5. The molecule has 0 saturated heterocycles. The quantitative estimate of drug-likeness (QED) is 0.454. The highest BCUT2D eigenvalue weighted by Crippen LogP contribution is 2.32. The van der Waals surface area contributed by atoms with Crippen molar-refractivity contribution in [3.8, 4) is 22.9 Å². The third-order valence-corrected chi connectivity index (χ3v) is 4.57. The number of nitrogens with one attached hydrogen (secondary N) is 1. The number of aliphatic carboxylic acids is 1. The van der Waals surface area contributed by atoms with Crippen LogP contribution in [0.5, 0.6) is 11.5 Å². The molecule has 0 spiro atoms. The molecule has 0 unspecified atom stereocenters. The summed E-state index contributed by atoms with van der Waals surface area (Å²) in [6.07, 6.45) is 0. The Hall–Kier alpha value is -4.13.